The molecule has 0 atom stereocenters. The maximum atomic E-state index is 12.0. The fourth-order valence-corrected chi connectivity index (χ4v) is 2.74. The number of carbonyl (C=O) groups excluding carboxylic acids is 1. The summed E-state index contributed by atoms with van der Waals surface area (Å²) in [4.78, 5) is 26.7. The number of aromatic nitrogens is 1. The number of hydrogen-bond acceptors (Lipinski definition) is 3. The zero-order valence-electron chi connectivity index (χ0n) is 12.1. The maximum Gasteiger partial charge on any atom is 0.356 e. The van der Waals surface area contributed by atoms with E-state index in [0.717, 1.165) is 31.6 Å². The van der Waals surface area contributed by atoms with Crippen LogP contribution in [0.2, 0.25) is 0 Å². The van der Waals surface area contributed by atoms with Crippen molar-refractivity contribution in [1.29, 1.82) is 0 Å². The molecule has 1 aliphatic carbocycles. The Bertz CT molecular complexity index is 511. The van der Waals surface area contributed by atoms with Gasteiger partial charge in [-0.2, -0.15) is 0 Å². The van der Waals surface area contributed by atoms with Gasteiger partial charge in [0.25, 0.3) is 0 Å². The Morgan fingerprint density at radius 3 is 2.67 bits per heavy atom. The maximum absolute atomic E-state index is 12.0. The molecule has 0 aliphatic heterocycles. The highest BCUT2D eigenvalue weighted by atomic mass is 16.4. The van der Waals surface area contributed by atoms with E-state index in [4.69, 9.17) is 5.11 Å². The van der Waals surface area contributed by atoms with Crippen molar-refractivity contribution in [3.05, 3.63) is 24.0 Å². The van der Waals surface area contributed by atoms with Crippen molar-refractivity contribution >= 4 is 17.7 Å². The number of urea groups is 1. The van der Waals surface area contributed by atoms with Crippen LogP contribution in [0.15, 0.2) is 18.3 Å². The molecular weight excluding hydrogens is 270 g/mol. The van der Waals surface area contributed by atoms with E-state index in [1.807, 2.05) is 0 Å². The zero-order chi connectivity index (χ0) is 15.2. The second kappa shape index (κ2) is 7.06. The van der Waals surface area contributed by atoms with Gasteiger partial charge in [-0.25, -0.2) is 14.6 Å². The largest absolute Gasteiger partial charge is 0.476 e. The molecule has 114 valence electrons. The Balaban J connectivity index is 1.89. The zero-order valence-corrected chi connectivity index (χ0v) is 12.1. The van der Waals surface area contributed by atoms with Gasteiger partial charge in [0.05, 0.1) is 5.69 Å². The van der Waals surface area contributed by atoms with E-state index in [1.165, 1.54) is 18.7 Å². The smallest absolute Gasteiger partial charge is 0.356 e. The van der Waals surface area contributed by atoms with Gasteiger partial charge in [0.15, 0.2) is 5.69 Å². The number of nitrogens with zero attached hydrogens (tertiary/aromatic N) is 1. The van der Waals surface area contributed by atoms with Crippen molar-refractivity contribution in [3.63, 3.8) is 0 Å². The summed E-state index contributed by atoms with van der Waals surface area (Å²) >= 11 is 0. The number of carboxylic acid groups (broad SMARTS) is 1. The molecule has 1 heterocycles. The van der Waals surface area contributed by atoms with Gasteiger partial charge in [0, 0.05) is 12.2 Å². The predicted octanol–water partition coefficient (Wildman–Crippen LogP) is 2.87. The van der Waals surface area contributed by atoms with Crippen LogP contribution in [0.4, 0.5) is 10.5 Å². The van der Waals surface area contributed by atoms with E-state index in [2.05, 4.69) is 22.5 Å². The minimum Gasteiger partial charge on any atom is -0.476 e. The molecule has 2 rings (SSSR count). The van der Waals surface area contributed by atoms with Crippen LogP contribution in [0.3, 0.4) is 0 Å². The number of nitrogens with one attached hydrogen (secondary N) is 2. The standard InChI is InChI=1S/C15H21N3O3/c1-2-10-5-7-11(8-6-10)17-15(21)18-12-4-3-9-16-13(12)14(19)20/h3-4,9-11H,2,5-8H2,1H3,(H,19,20)(H2,17,18,21). The number of aromatic carboxylic acids is 1. The number of hydrogen-bond donors (Lipinski definition) is 3. The molecule has 0 aromatic carbocycles. The van der Waals surface area contributed by atoms with Crippen molar-refractivity contribution in [1.82, 2.24) is 10.3 Å². The monoisotopic (exact) mass is 291 g/mol. The van der Waals surface area contributed by atoms with E-state index in [-0.39, 0.29) is 23.5 Å². The molecule has 6 heteroatoms. The molecule has 1 aromatic heterocycles. The number of carbonyl (C=O) groups is 2. The van der Waals surface area contributed by atoms with Crippen molar-refractivity contribution in [2.75, 3.05) is 5.32 Å². The topological polar surface area (TPSA) is 91.3 Å². The van der Waals surface area contributed by atoms with E-state index in [9.17, 15) is 9.59 Å². The molecule has 21 heavy (non-hydrogen) atoms. The van der Waals surface area contributed by atoms with Crippen LogP contribution in [-0.4, -0.2) is 28.1 Å². The first-order valence-electron chi connectivity index (χ1n) is 7.36. The van der Waals surface area contributed by atoms with Gasteiger partial charge >= 0.3 is 12.0 Å². The highest BCUT2D eigenvalue weighted by Gasteiger charge is 2.22. The number of amides is 2. The summed E-state index contributed by atoms with van der Waals surface area (Å²) in [5.74, 6) is -0.391. The van der Waals surface area contributed by atoms with Gasteiger partial charge in [0.2, 0.25) is 0 Å². The first-order chi connectivity index (χ1) is 10.1. The fourth-order valence-electron chi connectivity index (χ4n) is 2.74. The molecular formula is C15H21N3O3. The molecule has 2 amide bonds. The van der Waals surface area contributed by atoms with Crippen molar-refractivity contribution < 1.29 is 14.7 Å². The Kier molecular flexibility index (Phi) is 5.14. The first-order valence-corrected chi connectivity index (χ1v) is 7.36. The van der Waals surface area contributed by atoms with Crippen LogP contribution in [0.25, 0.3) is 0 Å². The molecule has 1 saturated carbocycles. The van der Waals surface area contributed by atoms with Gasteiger partial charge in [0.1, 0.15) is 0 Å². The predicted molar refractivity (Wildman–Crippen MR) is 79.4 cm³/mol. The molecule has 1 fully saturated rings. The molecule has 6 nitrogen and oxygen atoms in total. The summed E-state index contributed by atoms with van der Waals surface area (Å²) in [6.07, 6.45) is 6.80. The van der Waals surface area contributed by atoms with Crippen LogP contribution >= 0.6 is 0 Å². The third-order valence-electron chi connectivity index (χ3n) is 4.02. The van der Waals surface area contributed by atoms with E-state index < -0.39 is 5.97 Å². The molecule has 0 spiro atoms. The molecule has 0 bridgehead atoms. The summed E-state index contributed by atoms with van der Waals surface area (Å²) in [5, 5.41) is 14.5. The Morgan fingerprint density at radius 2 is 2.05 bits per heavy atom. The lowest BCUT2D eigenvalue weighted by molar-refractivity contribution is 0.0691. The molecule has 0 saturated heterocycles. The molecule has 1 aromatic rings. The molecule has 0 unspecified atom stereocenters. The van der Waals surface area contributed by atoms with E-state index >= 15 is 0 Å². The number of rotatable bonds is 4. The number of pyridine rings is 1. The van der Waals surface area contributed by atoms with Gasteiger partial charge in [-0.15, -0.1) is 0 Å². The minimum absolute atomic E-state index is 0.151. The SMILES string of the molecule is CCC1CCC(NC(=O)Nc2cccnc2C(=O)O)CC1. The van der Waals surface area contributed by atoms with Gasteiger partial charge in [-0.1, -0.05) is 13.3 Å². The Morgan fingerprint density at radius 1 is 1.33 bits per heavy atom. The highest BCUT2D eigenvalue weighted by Crippen LogP contribution is 2.26. The number of anilines is 1. The molecule has 3 N–H and O–H groups in total. The summed E-state index contributed by atoms with van der Waals surface area (Å²) in [5.41, 5.74) is 0.0621. The molecule has 1 aliphatic rings. The minimum atomic E-state index is -1.16. The van der Waals surface area contributed by atoms with E-state index in [0.29, 0.717) is 0 Å². The van der Waals surface area contributed by atoms with Crippen molar-refractivity contribution in [3.8, 4) is 0 Å². The summed E-state index contributed by atoms with van der Waals surface area (Å²) < 4.78 is 0. The second-order valence-electron chi connectivity index (χ2n) is 5.43. The van der Waals surface area contributed by atoms with Crippen LogP contribution in [0.5, 0.6) is 0 Å². The lowest BCUT2D eigenvalue weighted by atomic mass is 9.85. The second-order valence-corrected chi connectivity index (χ2v) is 5.43. The van der Waals surface area contributed by atoms with E-state index in [1.54, 1.807) is 6.07 Å². The summed E-state index contributed by atoms with van der Waals surface area (Å²) in [7, 11) is 0. The van der Waals surface area contributed by atoms with Gasteiger partial charge < -0.3 is 15.7 Å². The van der Waals surface area contributed by atoms with Crippen LogP contribution in [0.1, 0.15) is 49.5 Å². The van der Waals surface area contributed by atoms with Crippen molar-refractivity contribution in [2.45, 2.75) is 45.1 Å². The van der Waals surface area contributed by atoms with Crippen LogP contribution in [-0.2, 0) is 0 Å². The summed E-state index contributed by atoms with van der Waals surface area (Å²) in [6, 6.07) is 2.92. The van der Waals surface area contributed by atoms with Gasteiger partial charge in [-0.3, -0.25) is 0 Å². The normalized spacial score (nSPS) is 21.6. The van der Waals surface area contributed by atoms with Crippen LogP contribution < -0.4 is 10.6 Å². The first kappa shape index (κ1) is 15.3. The van der Waals surface area contributed by atoms with Gasteiger partial charge in [-0.05, 0) is 43.7 Å². The Labute approximate surface area is 124 Å². The fraction of sp³-hybridized carbons (Fsp3) is 0.533. The quantitative estimate of drug-likeness (QED) is 0.795. The molecule has 0 radical (unpaired) electrons. The van der Waals surface area contributed by atoms with Crippen LogP contribution in [0, 0.1) is 5.92 Å². The Hall–Kier alpha value is -2.11. The van der Waals surface area contributed by atoms with Crippen molar-refractivity contribution in [2.24, 2.45) is 5.92 Å². The number of carboxylic acids is 1. The average molecular weight is 291 g/mol. The third-order valence-corrected chi connectivity index (χ3v) is 4.02. The third kappa shape index (κ3) is 4.18. The lowest BCUT2D eigenvalue weighted by Crippen LogP contribution is -2.40. The average Bonchev–Trinajstić information content (AvgIpc) is 2.48. The highest BCUT2D eigenvalue weighted by molar-refractivity contribution is 5.98. The lowest BCUT2D eigenvalue weighted by Gasteiger charge is -2.28. The summed E-state index contributed by atoms with van der Waals surface area (Å²) in [6.45, 7) is 2.20.